The van der Waals surface area contributed by atoms with E-state index in [-0.39, 0.29) is 0 Å². The maximum Gasteiger partial charge on any atom is 0.131 e. The van der Waals surface area contributed by atoms with Gasteiger partial charge in [-0.2, -0.15) is 0 Å². The van der Waals surface area contributed by atoms with Crippen LogP contribution in [0.1, 0.15) is 24.3 Å². The van der Waals surface area contributed by atoms with Gasteiger partial charge in [0.25, 0.3) is 0 Å². The summed E-state index contributed by atoms with van der Waals surface area (Å²) in [5, 5.41) is 0.748. The molecule has 20 heavy (non-hydrogen) atoms. The molecule has 0 N–H and O–H groups in total. The first-order chi connectivity index (χ1) is 10.1. The van der Waals surface area contributed by atoms with Crippen molar-refractivity contribution in [3.05, 3.63) is 58.6 Å². The molecule has 0 saturated carbocycles. The number of nitrogens with zero attached hydrogens (tertiary/aromatic N) is 1. The second-order valence-electron chi connectivity index (χ2n) is 5.68. The van der Waals surface area contributed by atoms with Gasteiger partial charge in [0.2, 0.25) is 0 Å². The molecule has 1 fully saturated rings. The Balaban J connectivity index is 1.93. The van der Waals surface area contributed by atoms with Crippen molar-refractivity contribution in [1.82, 2.24) is 4.90 Å². The normalized spacial score (nSPS) is 25.0. The van der Waals surface area contributed by atoms with Crippen molar-refractivity contribution in [3.8, 4) is 11.5 Å². The third-order valence-electron chi connectivity index (χ3n) is 4.35. The van der Waals surface area contributed by atoms with E-state index in [0.717, 1.165) is 35.2 Å². The highest BCUT2D eigenvalue weighted by Gasteiger charge is 2.38. The minimum absolute atomic E-state index is 0.356. The average molecular weight is 288 g/mol. The van der Waals surface area contributed by atoms with E-state index in [1.54, 1.807) is 6.07 Å². The minimum Gasteiger partial charge on any atom is -0.457 e. The lowest BCUT2D eigenvalue weighted by Crippen LogP contribution is -2.14. The van der Waals surface area contributed by atoms with Crippen LogP contribution in [0.3, 0.4) is 0 Å². The molecule has 2 aromatic carbocycles. The predicted octanol–water partition coefficient (Wildman–Crippen LogP) is 4.26. The Labute approximate surface area is 125 Å². The molecule has 2 aromatic rings. The van der Waals surface area contributed by atoms with Gasteiger partial charge in [0.1, 0.15) is 11.5 Å². The Hall–Kier alpha value is -1.51. The number of para-hydroxylation sites is 1. The number of likely N-dealkylation sites (tertiary alicyclic amines) is 1. The average Bonchev–Trinajstić information content (AvgIpc) is 2.79. The van der Waals surface area contributed by atoms with Crippen LogP contribution in [0.5, 0.6) is 11.5 Å². The zero-order valence-electron chi connectivity index (χ0n) is 12.3. The van der Waals surface area contributed by atoms with Crippen LogP contribution in [0.4, 0.5) is 0 Å². The smallest absolute Gasteiger partial charge is 0.131 e. The van der Waals surface area contributed by atoms with Crippen molar-refractivity contribution in [2.75, 3.05) is 20.1 Å². The molecule has 0 aromatic heterocycles. The van der Waals surface area contributed by atoms with Gasteiger partial charge in [0.15, 0.2) is 0 Å². The van der Waals surface area contributed by atoms with Crippen LogP contribution in [0.15, 0.2) is 42.4 Å². The summed E-state index contributed by atoms with van der Waals surface area (Å²) >= 11 is 6.19. The lowest BCUT2D eigenvalue weighted by molar-refractivity contribution is 0.401. The summed E-state index contributed by atoms with van der Waals surface area (Å²) in [5.41, 5.74) is 2.32. The van der Waals surface area contributed by atoms with E-state index in [2.05, 4.69) is 11.9 Å². The fraction of sp³-hybridized carbons (Fsp3) is 0.294. The fourth-order valence-electron chi connectivity index (χ4n) is 3.46. The van der Waals surface area contributed by atoms with Gasteiger partial charge in [0, 0.05) is 35.5 Å². The third-order valence-corrected chi connectivity index (χ3v) is 4.58. The monoisotopic (exact) mass is 287 g/mol. The standard InChI is InChI=1S/C17H16ClNO/c1-19-9-14-12-4-2-3-5-16(12)20-17-7-6-11(18)8-13(17)15(14)10-19/h2-8,14-15H,9-10H2,1H3/t14-,15-/m0/s1/i2T. The van der Waals surface area contributed by atoms with Gasteiger partial charge in [-0.3, -0.25) is 0 Å². The lowest BCUT2D eigenvalue weighted by Gasteiger charge is -2.17. The zero-order chi connectivity index (χ0) is 14.6. The van der Waals surface area contributed by atoms with E-state index in [4.69, 9.17) is 17.7 Å². The van der Waals surface area contributed by atoms with Crippen molar-refractivity contribution < 1.29 is 6.11 Å². The van der Waals surface area contributed by atoms with Crippen molar-refractivity contribution in [1.29, 1.82) is 0 Å². The molecule has 2 aliphatic heterocycles. The number of likely N-dealkylation sites (N-methyl/N-ethyl adjacent to an activating group) is 1. The molecule has 2 aliphatic rings. The molecule has 102 valence electrons. The van der Waals surface area contributed by atoms with E-state index >= 15 is 0 Å². The maximum atomic E-state index is 7.91. The number of rotatable bonds is 0. The fourth-order valence-corrected chi connectivity index (χ4v) is 3.64. The van der Waals surface area contributed by atoms with Crippen LogP contribution in [-0.2, 0) is 0 Å². The number of fused-ring (bicyclic) bond motifs is 5. The summed E-state index contributed by atoms with van der Waals surface area (Å²) in [6, 6.07) is 12.0. The van der Waals surface area contributed by atoms with Gasteiger partial charge < -0.3 is 9.64 Å². The second kappa shape index (κ2) is 4.51. The van der Waals surface area contributed by atoms with E-state index in [0.29, 0.717) is 17.9 Å². The highest BCUT2D eigenvalue weighted by atomic mass is 35.5. The number of benzene rings is 2. The molecular weight excluding hydrogens is 270 g/mol. The molecule has 0 amide bonds. The Kier molecular flexibility index (Phi) is 2.52. The summed E-state index contributed by atoms with van der Waals surface area (Å²) in [7, 11) is 2.14. The highest BCUT2D eigenvalue weighted by molar-refractivity contribution is 6.30. The summed E-state index contributed by atoms with van der Waals surface area (Å²) in [6.07, 6.45) is 0. The molecule has 2 atom stereocenters. The molecule has 0 unspecified atom stereocenters. The molecule has 4 rings (SSSR count). The van der Waals surface area contributed by atoms with Crippen LogP contribution in [0.2, 0.25) is 5.02 Å². The van der Waals surface area contributed by atoms with Crippen molar-refractivity contribution in [2.24, 2.45) is 0 Å². The topological polar surface area (TPSA) is 12.5 Å². The molecule has 0 bridgehead atoms. The van der Waals surface area contributed by atoms with Crippen LogP contribution >= 0.6 is 11.6 Å². The second-order valence-corrected chi connectivity index (χ2v) is 6.12. The van der Waals surface area contributed by atoms with Gasteiger partial charge in [0.05, 0.1) is 1.37 Å². The van der Waals surface area contributed by atoms with Gasteiger partial charge in [-0.1, -0.05) is 29.8 Å². The number of halogens is 1. The first kappa shape index (κ1) is 11.2. The maximum absolute atomic E-state index is 7.91. The van der Waals surface area contributed by atoms with Gasteiger partial charge in [-0.15, -0.1) is 0 Å². The lowest BCUT2D eigenvalue weighted by atomic mass is 9.84. The van der Waals surface area contributed by atoms with Crippen LogP contribution in [0.25, 0.3) is 0 Å². The molecule has 0 aliphatic carbocycles. The SMILES string of the molecule is [3H]c1ccc2c(c1)[C@@H]1CN(C)C[C@H]1c1cc(Cl)ccc1O2. The summed E-state index contributed by atoms with van der Waals surface area (Å²) < 4.78 is 14.0. The number of hydrogen-bond donors (Lipinski definition) is 0. The predicted molar refractivity (Wildman–Crippen MR) is 80.9 cm³/mol. The van der Waals surface area contributed by atoms with Crippen LogP contribution in [0, 0.1) is 0 Å². The van der Waals surface area contributed by atoms with Crippen LogP contribution < -0.4 is 4.74 Å². The molecule has 0 spiro atoms. The van der Waals surface area contributed by atoms with Gasteiger partial charge in [-0.05, 0) is 36.9 Å². The quantitative estimate of drug-likeness (QED) is 0.718. The highest BCUT2D eigenvalue weighted by Crippen LogP contribution is 2.49. The number of hydrogen-bond acceptors (Lipinski definition) is 2. The Morgan fingerprint density at radius 1 is 1.15 bits per heavy atom. The van der Waals surface area contributed by atoms with Crippen molar-refractivity contribution >= 4 is 11.6 Å². The molecule has 1 saturated heterocycles. The number of ether oxygens (including phenoxy) is 1. The minimum atomic E-state index is 0.356. The van der Waals surface area contributed by atoms with Crippen molar-refractivity contribution in [3.63, 3.8) is 0 Å². The van der Waals surface area contributed by atoms with E-state index in [1.807, 2.05) is 30.3 Å². The molecule has 0 radical (unpaired) electrons. The van der Waals surface area contributed by atoms with Gasteiger partial charge in [-0.25, -0.2) is 0 Å². The Morgan fingerprint density at radius 3 is 2.75 bits per heavy atom. The third kappa shape index (κ3) is 1.83. The molecular formula is C17H16ClNO. The summed E-state index contributed by atoms with van der Waals surface area (Å²) in [4.78, 5) is 2.34. The molecule has 2 heterocycles. The van der Waals surface area contributed by atoms with E-state index in [9.17, 15) is 0 Å². The summed E-state index contributed by atoms with van der Waals surface area (Å²) in [6.45, 7) is 1.97. The van der Waals surface area contributed by atoms with Gasteiger partial charge >= 0.3 is 0 Å². The van der Waals surface area contributed by atoms with Crippen LogP contribution in [-0.4, -0.2) is 25.0 Å². The van der Waals surface area contributed by atoms with E-state index in [1.165, 1.54) is 5.56 Å². The molecule has 2 nitrogen and oxygen atoms in total. The molecule has 3 heteroatoms. The van der Waals surface area contributed by atoms with E-state index < -0.39 is 0 Å². The largest absolute Gasteiger partial charge is 0.457 e. The zero-order valence-corrected chi connectivity index (χ0v) is 12.0. The first-order valence-electron chi connectivity index (χ1n) is 7.38. The first-order valence-corrected chi connectivity index (χ1v) is 7.26. The Bertz CT molecular complexity index is 658. The summed E-state index contributed by atoms with van der Waals surface area (Å²) in [5.74, 6) is 2.49. The van der Waals surface area contributed by atoms with Crippen molar-refractivity contribution in [2.45, 2.75) is 11.8 Å². The Morgan fingerprint density at radius 2 is 1.90 bits per heavy atom.